The molecule has 0 amide bonds. The molecule has 0 radical (unpaired) electrons. The summed E-state index contributed by atoms with van der Waals surface area (Å²) in [6.07, 6.45) is 1.69. The predicted molar refractivity (Wildman–Crippen MR) is 102 cm³/mol. The summed E-state index contributed by atoms with van der Waals surface area (Å²) in [7, 11) is 0.664. The van der Waals surface area contributed by atoms with Crippen molar-refractivity contribution in [3.8, 4) is 0 Å². The van der Waals surface area contributed by atoms with Gasteiger partial charge in [0.15, 0.2) is 0 Å². The third kappa shape index (κ3) is 4.16. The van der Waals surface area contributed by atoms with Gasteiger partial charge in [-0.25, -0.2) is 0 Å². The van der Waals surface area contributed by atoms with Gasteiger partial charge in [0.25, 0.3) is 0 Å². The Labute approximate surface area is 144 Å². The lowest BCUT2D eigenvalue weighted by atomic mass is 10.0. The first-order valence-electron chi connectivity index (χ1n) is 8.13. The van der Waals surface area contributed by atoms with E-state index in [1.54, 1.807) is 0 Å². The Hall–Kier alpha value is -0.860. The molecule has 0 saturated carbocycles. The summed E-state index contributed by atoms with van der Waals surface area (Å²) < 4.78 is 0. The number of nitrogens with one attached hydrogen (secondary N) is 1. The Morgan fingerprint density at radius 3 is 2.65 bits per heavy atom. The topological polar surface area (TPSA) is 32.3 Å². The molecule has 0 saturated heterocycles. The number of hydrogen-bond donors (Lipinski definition) is 2. The minimum Gasteiger partial charge on any atom is -0.390 e. The molecule has 1 aliphatic carbocycles. The lowest BCUT2D eigenvalue weighted by Crippen LogP contribution is -2.37. The smallest absolute Gasteiger partial charge is 0.0855 e. The molecule has 4 atom stereocenters. The van der Waals surface area contributed by atoms with Crippen LogP contribution in [0.25, 0.3) is 0 Å². The third-order valence-corrected chi connectivity index (χ3v) is 6.46. The van der Waals surface area contributed by atoms with Crippen molar-refractivity contribution < 1.29 is 5.11 Å². The standard InChI is InChI=1S/C19H24NOPS/c1-22-20-17-12-11-15-9-5-6-10-16(15)19(18(17)21)23-13-14-7-3-2-4-8-14/h2-10,17-22H,11-13H2,1H3. The predicted octanol–water partition coefficient (Wildman–Crippen LogP) is 4.15. The second-order valence-electron chi connectivity index (χ2n) is 5.95. The first-order chi connectivity index (χ1) is 11.3. The zero-order chi connectivity index (χ0) is 16.1. The van der Waals surface area contributed by atoms with Crippen LogP contribution in [-0.4, -0.2) is 23.9 Å². The summed E-state index contributed by atoms with van der Waals surface area (Å²) in [5, 5.41) is 14.6. The van der Waals surface area contributed by atoms with Crippen LogP contribution in [0.3, 0.4) is 0 Å². The van der Waals surface area contributed by atoms with Gasteiger partial charge < -0.3 is 5.11 Å². The van der Waals surface area contributed by atoms with Crippen molar-refractivity contribution in [1.29, 1.82) is 0 Å². The summed E-state index contributed by atoms with van der Waals surface area (Å²) in [5.41, 5.74) is 4.01. The highest BCUT2D eigenvalue weighted by Crippen LogP contribution is 2.40. The van der Waals surface area contributed by atoms with E-state index in [0.29, 0.717) is 8.73 Å². The number of rotatable bonds is 5. The van der Waals surface area contributed by atoms with Crippen LogP contribution < -0.4 is 5.09 Å². The fraction of sp³-hybridized carbons (Fsp3) is 0.368. The van der Waals surface area contributed by atoms with E-state index in [1.165, 1.54) is 16.7 Å². The molecular formula is C19H24NOPS. The van der Waals surface area contributed by atoms with Crippen molar-refractivity contribution in [3.05, 3.63) is 71.3 Å². The van der Waals surface area contributed by atoms with Crippen LogP contribution in [-0.2, 0) is 12.2 Å². The van der Waals surface area contributed by atoms with Gasteiger partial charge in [-0.05, 0) is 36.2 Å². The van der Waals surface area contributed by atoms with Gasteiger partial charge >= 0.3 is 0 Å². The number of aliphatic hydroxyl groups excluding tert-OH is 1. The van der Waals surface area contributed by atoms with Gasteiger partial charge in [0.2, 0.25) is 0 Å². The lowest BCUT2D eigenvalue weighted by Gasteiger charge is -2.28. The summed E-state index contributed by atoms with van der Waals surface area (Å²) in [6.45, 7) is 2.14. The van der Waals surface area contributed by atoms with E-state index in [4.69, 9.17) is 0 Å². The first-order valence-corrected chi connectivity index (χ1v) is 10.7. The van der Waals surface area contributed by atoms with E-state index in [0.717, 1.165) is 18.6 Å². The zero-order valence-electron chi connectivity index (χ0n) is 13.4. The van der Waals surface area contributed by atoms with Crippen molar-refractivity contribution in [2.75, 3.05) is 6.66 Å². The van der Waals surface area contributed by atoms with Crippen LogP contribution in [0.5, 0.6) is 0 Å². The number of fused-ring (bicyclic) bond motifs is 1. The second-order valence-corrected chi connectivity index (χ2v) is 7.86. The van der Waals surface area contributed by atoms with E-state index >= 15 is 0 Å². The molecule has 2 N–H and O–H groups in total. The van der Waals surface area contributed by atoms with Gasteiger partial charge in [-0.15, -0.1) is 11.8 Å². The quantitative estimate of drug-likeness (QED) is 0.631. The van der Waals surface area contributed by atoms with Gasteiger partial charge in [-0.2, -0.15) is 0 Å². The monoisotopic (exact) mass is 345 g/mol. The van der Waals surface area contributed by atoms with Crippen LogP contribution in [0.4, 0.5) is 0 Å². The molecule has 0 heterocycles. The van der Waals surface area contributed by atoms with Crippen LogP contribution in [0, 0.1) is 0 Å². The molecule has 0 bridgehead atoms. The van der Waals surface area contributed by atoms with Gasteiger partial charge in [0, 0.05) is 11.8 Å². The van der Waals surface area contributed by atoms with E-state index in [2.05, 4.69) is 60.3 Å². The number of hydrogen-bond acceptors (Lipinski definition) is 3. The van der Waals surface area contributed by atoms with Crippen molar-refractivity contribution in [3.63, 3.8) is 0 Å². The summed E-state index contributed by atoms with van der Waals surface area (Å²) >= 11 is 1.86. The Bertz CT molecular complexity index is 622. The van der Waals surface area contributed by atoms with Crippen molar-refractivity contribution in [2.45, 2.75) is 36.0 Å². The Morgan fingerprint density at radius 2 is 1.87 bits per heavy atom. The minimum absolute atomic E-state index is 0.128. The maximum atomic E-state index is 11.0. The second kappa shape index (κ2) is 8.30. The molecule has 0 aliphatic heterocycles. The maximum absolute atomic E-state index is 11.0. The highest BCUT2D eigenvalue weighted by molar-refractivity contribution is 7.98. The first kappa shape index (κ1) is 17.0. The maximum Gasteiger partial charge on any atom is 0.0855 e. The van der Waals surface area contributed by atoms with E-state index < -0.39 is 0 Å². The fourth-order valence-corrected chi connectivity index (χ4v) is 5.25. The molecule has 4 unspecified atom stereocenters. The van der Waals surface area contributed by atoms with E-state index in [9.17, 15) is 5.11 Å². The van der Waals surface area contributed by atoms with Gasteiger partial charge in [0.05, 0.1) is 11.4 Å². The van der Waals surface area contributed by atoms with Crippen LogP contribution in [0.2, 0.25) is 0 Å². The SMILES string of the molecule is CPNC1CCc2ccccc2C(SCc2ccccc2)C1O. The minimum atomic E-state index is -0.347. The number of thioether (sulfide) groups is 1. The average Bonchev–Trinajstić information content (AvgIpc) is 2.72. The molecule has 122 valence electrons. The molecule has 1 aliphatic rings. The number of aryl methyl sites for hydroxylation is 1. The molecule has 0 spiro atoms. The molecule has 2 nitrogen and oxygen atoms in total. The molecule has 2 aromatic carbocycles. The zero-order valence-corrected chi connectivity index (χ0v) is 15.2. The van der Waals surface area contributed by atoms with Crippen LogP contribution >= 0.6 is 20.5 Å². The number of aliphatic hydroxyl groups is 1. The van der Waals surface area contributed by atoms with Crippen LogP contribution in [0.15, 0.2) is 54.6 Å². The largest absolute Gasteiger partial charge is 0.390 e. The Balaban J connectivity index is 1.83. The van der Waals surface area contributed by atoms with Crippen LogP contribution in [0.1, 0.15) is 28.4 Å². The third-order valence-electron chi connectivity index (χ3n) is 4.41. The highest BCUT2D eigenvalue weighted by atomic mass is 32.2. The molecule has 3 rings (SSSR count). The lowest BCUT2D eigenvalue weighted by molar-refractivity contribution is 0.135. The van der Waals surface area contributed by atoms with Gasteiger partial charge in [-0.3, -0.25) is 5.09 Å². The van der Waals surface area contributed by atoms with Gasteiger partial charge in [-0.1, -0.05) is 63.3 Å². The molecule has 0 aromatic heterocycles. The summed E-state index contributed by atoms with van der Waals surface area (Å²) in [5.74, 6) is 0.929. The fourth-order valence-electron chi connectivity index (χ4n) is 3.21. The summed E-state index contributed by atoms with van der Waals surface area (Å²) in [4.78, 5) is 0. The van der Waals surface area contributed by atoms with Gasteiger partial charge in [0.1, 0.15) is 0 Å². The van der Waals surface area contributed by atoms with Crippen molar-refractivity contribution >= 4 is 20.5 Å². The highest BCUT2D eigenvalue weighted by Gasteiger charge is 2.33. The van der Waals surface area contributed by atoms with Crippen molar-refractivity contribution in [2.24, 2.45) is 0 Å². The normalized spacial score (nSPS) is 24.5. The molecule has 0 fully saturated rings. The molecular weight excluding hydrogens is 321 g/mol. The molecule has 23 heavy (non-hydrogen) atoms. The molecule has 2 aromatic rings. The summed E-state index contributed by atoms with van der Waals surface area (Å²) in [6, 6.07) is 19.3. The number of benzene rings is 2. The Morgan fingerprint density at radius 1 is 1.13 bits per heavy atom. The van der Waals surface area contributed by atoms with E-state index in [-0.39, 0.29) is 17.4 Å². The van der Waals surface area contributed by atoms with E-state index in [1.807, 2.05) is 17.8 Å². The Kier molecular flexibility index (Phi) is 6.13. The van der Waals surface area contributed by atoms with Crippen molar-refractivity contribution in [1.82, 2.24) is 5.09 Å². The average molecular weight is 345 g/mol. The molecule has 4 heteroatoms.